The molecule has 0 bridgehead atoms. The van der Waals surface area contributed by atoms with Gasteiger partial charge in [0.1, 0.15) is 10.6 Å². The highest BCUT2D eigenvalue weighted by Crippen LogP contribution is 2.31. The minimum Gasteiger partial charge on any atom is -0.495 e. The Bertz CT molecular complexity index is 804. The van der Waals surface area contributed by atoms with Crippen LogP contribution in [-0.2, 0) is 0 Å². The molecule has 112 valence electrons. The first-order chi connectivity index (χ1) is 10.7. The van der Waals surface area contributed by atoms with Gasteiger partial charge in [-0.3, -0.25) is 10.1 Å². The van der Waals surface area contributed by atoms with Crippen LogP contribution in [0.5, 0.6) is 5.75 Å². The highest BCUT2D eigenvalue weighted by Gasteiger charge is 2.12. The Morgan fingerprint density at radius 2 is 2.27 bits per heavy atom. The smallest absolute Gasteiger partial charge is 0.270 e. The summed E-state index contributed by atoms with van der Waals surface area (Å²) in [6, 6.07) is 5.41. The maximum Gasteiger partial charge on any atom is 0.270 e. The molecule has 0 radical (unpaired) electrons. The highest BCUT2D eigenvalue weighted by atomic mass is 35.5. The van der Waals surface area contributed by atoms with Crippen LogP contribution >= 0.6 is 34.5 Å². The molecule has 3 rings (SSSR count). The molecule has 2 heterocycles. The molecule has 0 saturated heterocycles. The Balaban J connectivity index is 1.79. The maximum atomic E-state index is 11.9. The van der Waals surface area contributed by atoms with E-state index in [1.54, 1.807) is 19.2 Å². The van der Waals surface area contributed by atoms with E-state index in [9.17, 15) is 4.79 Å². The van der Waals surface area contributed by atoms with Crippen molar-refractivity contribution in [1.29, 1.82) is 0 Å². The van der Waals surface area contributed by atoms with Crippen LogP contribution in [0.25, 0.3) is 11.3 Å². The zero-order valence-electron chi connectivity index (χ0n) is 11.2. The lowest BCUT2D eigenvalue weighted by atomic mass is 10.2. The number of thiazole rings is 1. The predicted octanol–water partition coefficient (Wildman–Crippen LogP) is 3.58. The summed E-state index contributed by atoms with van der Waals surface area (Å²) >= 11 is 8.47. The van der Waals surface area contributed by atoms with Crippen LogP contribution < -0.4 is 10.1 Å². The van der Waals surface area contributed by atoms with Crippen molar-refractivity contribution < 1.29 is 9.53 Å². The maximum absolute atomic E-state index is 11.9. The van der Waals surface area contributed by atoms with Crippen LogP contribution in [0, 0.1) is 0 Å². The predicted molar refractivity (Wildman–Crippen MR) is 87.0 cm³/mol. The van der Waals surface area contributed by atoms with E-state index in [0.717, 1.165) is 22.8 Å². The van der Waals surface area contributed by atoms with Crippen LogP contribution in [0.4, 0.5) is 5.13 Å². The molecular weight excluding hydrogens is 344 g/mol. The third-order valence-corrected chi connectivity index (χ3v) is 4.47. The van der Waals surface area contributed by atoms with E-state index in [0.29, 0.717) is 20.8 Å². The first-order valence-corrected chi connectivity index (χ1v) is 8.08. The molecule has 0 unspecified atom stereocenters. The van der Waals surface area contributed by atoms with Gasteiger partial charge in [0.25, 0.3) is 5.91 Å². The number of carbonyl (C=O) groups excluding carboxylic acids is 1. The van der Waals surface area contributed by atoms with Gasteiger partial charge in [0.05, 0.1) is 24.0 Å². The van der Waals surface area contributed by atoms with Gasteiger partial charge in [-0.2, -0.15) is 0 Å². The molecule has 3 aromatic rings. The number of anilines is 1. The van der Waals surface area contributed by atoms with E-state index in [2.05, 4.69) is 19.9 Å². The van der Waals surface area contributed by atoms with Crippen molar-refractivity contribution in [2.45, 2.75) is 0 Å². The number of methoxy groups -OCH3 is 1. The van der Waals surface area contributed by atoms with E-state index in [4.69, 9.17) is 16.3 Å². The summed E-state index contributed by atoms with van der Waals surface area (Å²) in [6.07, 6.45) is 1.41. The molecule has 0 saturated carbocycles. The fourth-order valence-electron chi connectivity index (χ4n) is 1.72. The Labute approximate surface area is 138 Å². The number of hydrogen-bond acceptors (Lipinski definition) is 7. The molecule has 0 fully saturated rings. The minimum atomic E-state index is -0.274. The number of benzene rings is 1. The molecule has 1 N–H and O–H groups in total. The Morgan fingerprint density at radius 3 is 2.95 bits per heavy atom. The molecule has 0 spiro atoms. The number of nitrogens with one attached hydrogen (secondary N) is 1. The number of halogens is 1. The fraction of sp³-hybridized carbons (Fsp3) is 0.0769. The molecular formula is C13H9ClN4O2S2. The number of carbonyl (C=O) groups is 1. The van der Waals surface area contributed by atoms with Crippen molar-refractivity contribution >= 4 is 45.5 Å². The zero-order valence-corrected chi connectivity index (χ0v) is 13.6. The Hall–Kier alpha value is -2.03. The van der Waals surface area contributed by atoms with E-state index in [1.807, 2.05) is 11.4 Å². The summed E-state index contributed by atoms with van der Waals surface area (Å²) in [5.41, 5.74) is 1.58. The summed E-state index contributed by atoms with van der Waals surface area (Å²) in [5.74, 6) is 0.329. The minimum absolute atomic E-state index is 0.274. The lowest BCUT2D eigenvalue weighted by Gasteiger charge is -2.04. The second-order valence-corrected chi connectivity index (χ2v) is 6.17. The lowest BCUT2D eigenvalue weighted by Crippen LogP contribution is -2.09. The summed E-state index contributed by atoms with van der Waals surface area (Å²) in [4.78, 5) is 16.7. The normalized spacial score (nSPS) is 10.5. The van der Waals surface area contributed by atoms with E-state index >= 15 is 0 Å². The van der Waals surface area contributed by atoms with E-state index < -0.39 is 0 Å². The molecule has 0 aliphatic rings. The van der Waals surface area contributed by atoms with Crippen LogP contribution in [0.1, 0.15) is 9.67 Å². The topological polar surface area (TPSA) is 77.0 Å². The van der Waals surface area contributed by atoms with Crippen molar-refractivity contribution in [1.82, 2.24) is 14.6 Å². The Kier molecular flexibility index (Phi) is 4.32. The molecule has 1 amide bonds. The van der Waals surface area contributed by atoms with Gasteiger partial charge in [0, 0.05) is 10.9 Å². The second-order valence-electron chi connectivity index (χ2n) is 4.12. The summed E-state index contributed by atoms with van der Waals surface area (Å²) in [7, 11) is 1.56. The number of aromatic nitrogens is 3. The van der Waals surface area contributed by atoms with Gasteiger partial charge in [-0.15, -0.1) is 16.4 Å². The van der Waals surface area contributed by atoms with Crippen molar-refractivity contribution in [3.63, 3.8) is 0 Å². The van der Waals surface area contributed by atoms with Crippen molar-refractivity contribution in [3.05, 3.63) is 39.7 Å². The van der Waals surface area contributed by atoms with Gasteiger partial charge in [-0.1, -0.05) is 16.1 Å². The number of nitrogens with zero attached hydrogens (tertiary/aromatic N) is 3. The molecule has 0 aliphatic heterocycles. The molecule has 6 nitrogen and oxygen atoms in total. The van der Waals surface area contributed by atoms with Gasteiger partial charge in [0.2, 0.25) is 0 Å². The van der Waals surface area contributed by atoms with Crippen molar-refractivity contribution in [2.75, 3.05) is 12.4 Å². The average Bonchev–Trinajstić information content (AvgIpc) is 3.18. The molecule has 22 heavy (non-hydrogen) atoms. The zero-order chi connectivity index (χ0) is 15.5. The highest BCUT2D eigenvalue weighted by molar-refractivity contribution is 7.14. The lowest BCUT2D eigenvalue weighted by molar-refractivity contribution is 0.103. The summed E-state index contributed by atoms with van der Waals surface area (Å²) in [6.45, 7) is 0. The molecule has 9 heteroatoms. The fourth-order valence-corrected chi connectivity index (χ4v) is 3.10. The third kappa shape index (κ3) is 3.08. The molecule has 0 atom stereocenters. The van der Waals surface area contributed by atoms with Crippen molar-refractivity contribution in [3.8, 4) is 17.0 Å². The van der Waals surface area contributed by atoms with Crippen LogP contribution in [0.3, 0.4) is 0 Å². The second kappa shape index (κ2) is 6.39. The van der Waals surface area contributed by atoms with Gasteiger partial charge in [-0.25, -0.2) is 4.98 Å². The van der Waals surface area contributed by atoms with Crippen LogP contribution in [0.2, 0.25) is 5.02 Å². The van der Waals surface area contributed by atoms with Crippen LogP contribution in [0.15, 0.2) is 29.8 Å². The first kappa shape index (κ1) is 14.9. The number of rotatable bonds is 4. The van der Waals surface area contributed by atoms with E-state index in [-0.39, 0.29) is 5.91 Å². The van der Waals surface area contributed by atoms with Gasteiger partial charge >= 0.3 is 0 Å². The quantitative estimate of drug-likeness (QED) is 0.776. The standard InChI is InChI=1S/C13H9ClN4O2S2/c1-20-10-3-2-7(4-8(10)14)9-6-21-13(16-9)17-12(19)11-5-15-18-22-11/h2-6H,1H3,(H,16,17,19). The largest absolute Gasteiger partial charge is 0.495 e. The van der Waals surface area contributed by atoms with E-state index in [1.165, 1.54) is 17.5 Å². The number of hydrogen-bond donors (Lipinski definition) is 1. The molecule has 1 aromatic carbocycles. The van der Waals surface area contributed by atoms with Gasteiger partial charge in [0.15, 0.2) is 5.13 Å². The van der Waals surface area contributed by atoms with Crippen LogP contribution in [-0.4, -0.2) is 27.6 Å². The average molecular weight is 353 g/mol. The monoisotopic (exact) mass is 352 g/mol. The number of amides is 1. The summed E-state index contributed by atoms with van der Waals surface area (Å²) in [5, 5.41) is 9.20. The molecule has 0 aliphatic carbocycles. The SMILES string of the molecule is COc1ccc(-c2csc(NC(=O)c3cnns3)n2)cc1Cl. The molecule has 2 aromatic heterocycles. The Morgan fingerprint density at radius 1 is 1.41 bits per heavy atom. The first-order valence-electron chi connectivity index (χ1n) is 6.05. The van der Waals surface area contributed by atoms with Gasteiger partial charge < -0.3 is 4.74 Å². The number of ether oxygens (including phenoxy) is 1. The van der Waals surface area contributed by atoms with Crippen molar-refractivity contribution in [2.24, 2.45) is 0 Å². The summed E-state index contributed by atoms with van der Waals surface area (Å²) < 4.78 is 8.77. The third-order valence-electron chi connectivity index (χ3n) is 2.76. The van der Waals surface area contributed by atoms with Gasteiger partial charge in [-0.05, 0) is 29.7 Å².